The van der Waals surface area contributed by atoms with Crippen molar-refractivity contribution in [1.29, 1.82) is 0 Å². The van der Waals surface area contributed by atoms with Crippen molar-refractivity contribution in [2.45, 2.75) is 0 Å². The maximum absolute atomic E-state index is 7.26. The van der Waals surface area contributed by atoms with Gasteiger partial charge in [0.2, 0.25) is 0 Å². The van der Waals surface area contributed by atoms with E-state index in [9.17, 15) is 0 Å². The second-order valence-corrected chi connectivity index (χ2v) is 18.2. The first-order chi connectivity index (χ1) is 32.7. The van der Waals surface area contributed by atoms with Crippen LogP contribution >= 0.6 is 11.3 Å². The first kappa shape index (κ1) is 35.8. The number of para-hydroxylation sites is 2. The Hall–Kier alpha value is -8.65. The van der Waals surface area contributed by atoms with Crippen molar-refractivity contribution in [3.05, 3.63) is 194 Å². The number of thiophene rings is 1. The molecule has 0 fully saturated rings. The van der Waals surface area contributed by atoms with Gasteiger partial charge in [0.25, 0.3) is 0 Å². The van der Waals surface area contributed by atoms with Crippen molar-refractivity contribution in [3.8, 4) is 39.9 Å². The molecule has 0 N–H and O–H groups in total. The van der Waals surface area contributed by atoms with Crippen molar-refractivity contribution < 1.29 is 8.83 Å². The molecule has 10 aromatic carbocycles. The number of rotatable bonds is 4. The Morgan fingerprint density at radius 2 is 1.02 bits per heavy atom. The van der Waals surface area contributed by atoms with Gasteiger partial charge < -0.3 is 13.4 Å². The number of hydrogen-bond donors (Lipinski definition) is 0. The van der Waals surface area contributed by atoms with E-state index in [0.29, 0.717) is 17.5 Å². The van der Waals surface area contributed by atoms with Crippen LogP contribution < -0.4 is 0 Å². The molecule has 7 heteroatoms. The van der Waals surface area contributed by atoms with E-state index < -0.39 is 0 Å². The smallest absolute Gasteiger partial charge is 0.164 e. The number of hydrogen-bond acceptors (Lipinski definition) is 6. The summed E-state index contributed by atoms with van der Waals surface area (Å²) in [6.07, 6.45) is 0. The Labute approximate surface area is 379 Å². The molecule has 0 bridgehead atoms. The van der Waals surface area contributed by atoms with Crippen molar-refractivity contribution >= 4 is 119 Å². The Balaban J connectivity index is 1.04. The first-order valence-electron chi connectivity index (χ1n) is 22.1. The number of nitrogens with zero attached hydrogens (tertiary/aromatic N) is 4. The fourth-order valence-electron chi connectivity index (χ4n) is 10.4. The molecule has 66 heavy (non-hydrogen) atoms. The standard InChI is InChI=1S/C59H32N4O2S/c1-2-13-35-32-49-44(29-34(35)12-1)39-15-5-8-18-47(39)63(49)48-26-25-43(54-42-24-21-33-11-3-4-14-38(33)55(42)65-56(48)54)59-61-57(36-22-27-51-45(30-36)40-16-6-9-19-50(40)64-51)60-58(62-59)37-23-28-53-46(31-37)41-17-7-10-20-52(41)66-53/h1-32H. The van der Waals surface area contributed by atoms with Crippen molar-refractivity contribution in [2.75, 3.05) is 0 Å². The van der Waals surface area contributed by atoms with Crippen molar-refractivity contribution in [2.24, 2.45) is 0 Å². The Morgan fingerprint density at radius 3 is 1.88 bits per heavy atom. The van der Waals surface area contributed by atoms with Gasteiger partial charge in [-0.1, -0.05) is 109 Å². The van der Waals surface area contributed by atoms with Gasteiger partial charge in [-0.15, -0.1) is 11.3 Å². The average Bonchev–Trinajstić information content (AvgIpc) is 4.14. The molecule has 0 saturated carbocycles. The van der Waals surface area contributed by atoms with E-state index in [2.05, 4.69) is 168 Å². The molecule has 0 aliphatic carbocycles. The third kappa shape index (κ3) is 5.14. The summed E-state index contributed by atoms with van der Waals surface area (Å²) in [5, 5.41) is 13.3. The number of fused-ring (bicyclic) bond motifs is 15. The molecule has 15 aromatic rings. The summed E-state index contributed by atoms with van der Waals surface area (Å²) in [6.45, 7) is 0. The summed E-state index contributed by atoms with van der Waals surface area (Å²) in [6, 6.07) is 68.5. The quantitative estimate of drug-likeness (QED) is 0.176. The molecule has 5 heterocycles. The van der Waals surface area contributed by atoms with Crippen LogP contribution in [0.1, 0.15) is 0 Å². The predicted molar refractivity (Wildman–Crippen MR) is 273 cm³/mol. The van der Waals surface area contributed by atoms with Crippen LogP contribution in [0.5, 0.6) is 0 Å². The summed E-state index contributed by atoms with van der Waals surface area (Å²) in [5.74, 6) is 1.72. The van der Waals surface area contributed by atoms with Gasteiger partial charge in [-0.05, 0) is 101 Å². The fourth-order valence-corrected chi connectivity index (χ4v) is 11.4. The molecule has 0 radical (unpaired) electrons. The number of furan rings is 2. The summed E-state index contributed by atoms with van der Waals surface area (Å²) in [5.41, 5.74) is 9.04. The highest BCUT2D eigenvalue weighted by molar-refractivity contribution is 7.25. The molecule has 0 amide bonds. The molecule has 0 saturated heterocycles. The zero-order valence-electron chi connectivity index (χ0n) is 35.0. The fraction of sp³-hybridized carbons (Fsp3) is 0. The third-order valence-corrected chi connectivity index (χ3v) is 14.6. The topological polar surface area (TPSA) is 69.9 Å². The third-order valence-electron chi connectivity index (χ3n) is 13.4. The van der Waals surface area contributed by atoms with Gasteiger partial charge in [-0.3, -0.25) is 0 Å². The molecule has 0 spiro atoms. The lowest BCUT2D eigenvalue weighted by Gasteiger charge is -2.13. The molecule has 0 atom stereocenters. The average molecular weight is 861 g/mol. The SMILES string of the molecule is c1ccc2cc3c(cc2c1)c1ccccc1n3-c1ccc(-c2nc(-c3ccc4oc5ccccc5c4c3)nc(-c3ccc4sc5ccccc5c4c3)n2)c2c1oc1c3ccccc3ccc12. The lowest BCUT2D eigenvalue weighted by molar-refractivity contribution is 0.669. The number of benzene rings is 10. The zero-order valence-corrected chi connectivity index (χ0v) is 35.8. The monoisotopic (exact) mass is 860 g/mol. The minimum Gasteiger partial charge on any atom is -0.456 e. The van der Waals surface area contributed by atoms with E-state index >= 15 is 0 Å². The van der Waals surface area contributed by atoms with Gasteiger partial charge in [-0.25, -0.2) is 15.0 Å². The Bertz CT molecular complexity index is 4420. The minimum atomic E-state index is 0.558. The van der Waals surface area contributed by atoms with E-state index in [4.69, 9.17) is 23.8 Å². The maximum Gasteiger partial charge on any atom is 0.164 e. The van der Waals surface area contributed by atoms with E-state index in [0.717, 1.165) is 88.1 Å². The molecular weight excluding hydrogens is 829 g/mol. The van der Waals surface area contributed by atoms with E-state index in [-0.39, 0.29) is 0 Å². The highest BCUT2D eigenvalue weighted by atomic mass is 32.1. The van der Waals surface area contributed by atoms with Crippen LogP contribution in [-0.2, 0) is 0 Å². The molecule has 5 aromatic heterocycles. The second-order valence-electron chi connectivity index (χ2n) is 17.1. The number of aromatic nitrogens is 4. The molecule has 6 nitrogen and oxygen atoms in total. The maximum atomic E-state index is 7.26. The highest BCUT2D eigenvalue weighted by Gasteiger charge is 2.24. The van der Waals surface area contributed by atoms with Gasteiger partial charge in [0, 0.05) is 74.6 Å². The molecule has 0 aliphatic heterocycles. The van der Waals surface area contributed by atoms with Crippen LogP contribution in [0.3, 0.4) is 0 Å². The summed E-state index contributed by atoms with van der Waals surface area (Å²) >= 11 is 1.80. The minimum absolute atomic E-state index is 0.558. The normalized spacial score (nSPS) is 12.2. The van der Waals surface area contributed by atoms with Crippen LogP contribution in [0.4, 0.5) is 0 Å². The zero-order chi connectivity index (χ0) is 43.0. The van der Waals surface area contributed by atoms with Crippen LogP contribution in [0.15, 0.2) is 203 Å². The first-order valence-corrected chi connectivity index (χ1v) is 22.9. The van der Waals surface area contributed by atoms with E-state index in [1.54, 1.807) is 11.3 Å². The largest absolute Gasteiger partial charge is 0.456 e. The molecule has 306 valence electrons. The summed E-state index contributed by atoms with van der Waals surface area (Å²) in [4.78, 5) is 16.1. The summed E-state index contributed by atoms with van der Waals surface area (Å²) < 4.78 is 18.4. The van der Waals surface area contributed by atoms with E-state index in [1.807, 2.05) is 30.3 Å². The molecular formula is C59H32N4O2S. The van der Waals surface area contributed by atoms with Gasteiger partial charge in [0.1, 0.15) is 16.7 Å². The van der Waals surface area contributed by atoms with Gasteiger partial charge in [0.05, 0.1) is 16.7 Å². The highest BCUT2D eigenvalue weighted by Crippen LogP contribution is 2.45. The van der Waals surface area contributed by atoms with E-state index in [1.165, 1.54) is 41.7 Å². The van der Waals surface area contributed by atoms with Crippen LogP contribution in [0, 0.1) is 0 Å². The lowest BCUT2D eigenvalue weighted by Crippen LogP contribution is -2.01. The van der Waals surface area contributed by atoms with Crippen molar-refractivity contribution in [1.82, 2.24) is 19.5 Å². The Kier molecular flexibility index (Phi) is 7.28. The van der Waals surface area contributed by atoms with Crippen LogP contribution in [0.2, 0.25) is 0 Å². The molecule has 15 rings (SSSR count). The predicted octanol–water partition coefficient (Wildman–Crippen LogP) is 16.4. The van der Waals surface area contributed by atoms with Gasteiger partial charge in [-0.2, -0.15) is 0 Å². The second kappa shape index (κ2) is 13.4. The van der Waals surface area contributed by atoms with Crippen LogP contribution in [0.25, 0.3) is 147 Å². The lowest BCUT2D eigenvalue weighted by atomic mass is 10.0. The summed E-state index contributed by atoms with van der Waals surface area (Å²) in [7, 11) is 0. The molecule has 0 unspecified atom stereocenters. The van der Waals surface area contributed by atoms with Gasteiger partial charge in [0.15, 0.2) is 23.1 Å². The van der Waals surface area contributed by atoms with Crippen molar-refractivity contribution in [3.63, 3.8) is 0 Å². The van der Waals surface area contributed by atoms with Crippen LogP contribution in [-0.4, -0.2) is 19.5 Å². The van der Waals surface area contributed by atoms with Gasteiger partial charge >= 0.3 is 0 Å². The Morgan fingerprint density at radius 1 is 0.364 bits per heavy atom. The molecule has 0 aliphatic rings.